The molecule has 1 aliphatic rings. The summed E-state index contributed by atoms with van der Waals surface area (Å²) in [5.74, 6) is 2.54. The van der Waals surface area contributed by atoms with Gasteiger partial charge in [0.2, 0.25) is 0 Å². The Hall–Kier alpha value is -3.81. The summed E-state index contributed by atoms with van der Waals surface area (Å²) in [5, 5.41) is 14.6. The first-order valence-electron chi connectivity index (χ1n) is 10.5. The van der Waals surface area contributed by atoms with E-state index in [1.807, 2.05) is 38.1 Å². The number of nitrogens with zero attached hydrogens (tertiary/aromatic N) is 3. The first kappa shape index (κ1) is 21.4. The van der Waals surface area contributed by atoms with Crippen LogP contribution in [0.15, 0.2) is 36.5 Å². The summed E-state index contributed by atoms with van der Waals surface area (Å²) in [6, 6.07) is 9.19. The van der Waals surface area contributed by atoms with Crippen LogP contribution < -0.4 is 15.4 Å². The zero-order valence-corrected chi connectivity index (χ0v) is 18.6. The Morgan fingerprint density at radius 2 is 1.84 bits per heavy atom. The van der Waals surface area contributed by atoms with Gasteiger partial charge in [0.15, 0.2) is 11.5 Å². The summed E-state index contributed by atoms with van der Waals surface area (Å²) < 4.78 is 5.59. The number of para-hydroxylation sites is 1. The molecule has 8 nitrogen and oxygen atoms in total. The number of carbonyl (C=O) groups is 1. The number of ketones is 1. The highest BCUT2D eigenvalue weighted by molar-refractivity contribution is 6.05. The number of benzene rings is 1. The number of aromatic nitrogens is 3. The van der Waals surface area contributed by atoms with Crippen LogP contribution in [0.25, 0.3) is 0 Å². The highest BCUT2D eigenvalue weighted by atomic mass is 16.5. The molecule has 1 saturated carbocycles. The minimum absolute atomic E-state index is 0.0559. The van der Waals surface area contributed by atoms with E-state index in [0.29, 0.717) is 51.4 Å². The molecule has 0 unspecified atom stereocenters. The third-order valence-corrected chi connectivity index (χ3v) is 5.23. The third kappa shape index (κ3) is 4.59. The Morgan fingerprint density at radius 3 is 2.50 bits per heavy atom. The fraction of sp³-hybridized carbons (Fsp3) is 0.292. The van der Waals surface area contributed by atoms with Gasteiger partial charge in [-0.1, -0.05) is 6.07 Å². The number of nitrogens with one attached hydrogen (secondary N) is 3. The molecule has 3 aromatic rings. The van der Waals surface area contributed by atoms with Crippen LogP contribution in [0.2, 0.25) is 0 Å². The van der Waals surface area contributed by atoms with E-state index in [0.717, 1.165) is 18.5 Å². The summed E-state index contributed by atoms with van der Waals surface area (Å²) in [6.07, 6.45) is 3.41. The predicted octanol–water partition coefficient (Wildman–Crippen LogP) is 4.96. The quantitative estimate of drug-likeness (QED) is 0.342. The van der Waals surface area contributed by atoms with E-state index >= 15 is 0 Å². The second-order valence-corrected chi connectivity index (χ2v) is 7.96. The number of methoxy groups -OCH3 is 1. The lowest BCUT2D eigenvalue weighted by atomic mass is 10.1. The van der Waals surface area contributed by atoms with Gasteiger partial charge in [-0.25, -0.2) is 15.0 Å². The molecule has 8 heteroatoms. The van der Waals surface area contributed by atoms with Crippen molar-refractivity contribution >= 4 is 34.5 Å². The van der Waals surface area contributed by atoms with Crippen molar-refractivity contribution in [3.63, 3.8) is 0 Å². The van der Waals surface area contributed by atoms with Gasteiger partial charge < -0.3 is 20.8 Å². The molecule has 1 aliphatic carbocycles. The molecule has 0 amide bonds. The number of anilines is 4. The topological polar surface area (TPSA) is 113 Å². The number of hydrogen-bond acceptors (Lipinski definition) is 8. The van der Waals surface area contributed by atoms with E-state index in [1.165, 1.54) is 0 Å². The van der Waals surface area contributed by atoms with Crippen molar-refractivity contribution in [2.24, 2.45) is 5.92 Å². The largest absolute Gasteiger partial charge is 0.494 e. The molecule has 32 heavy (non-hydrogen) atoms. The maximum atomic E-state index is 12.9. The van der Waals surface area contributed by atoms with Crippen LogP contribution in [0.3, 0.4) is 0 Å². The second kappa shape index (κ2) is 8.74. The lowest BCUT2D eigenvalue weighted by molar-refractivity contribution is 0.0968. The minimum atomic E-state index is 0.0559. The standard InChI is InChI=1S/C24H26N6O2/c1-13-10-22(28-15(3)27-13)30-21-11-20(18(12-26-21)23(31)16-8-9-16)29-19-7-5-6-17(14(2)25)24(19)32-4/h5-7,10-12,16,25H,8-9H2,1-4H3,(H2,26,27,28,29,30). The van der Waals surface area contributed by atoms with Gasteiger partial charge in [0.05, 0.1) is 24.0 Å². The smallest absolute Gasteiger partial charge is 0.169 e. The minimum Gasteiger partial charge on any atom is -0.494 e. The van der Waals surface area contributed by atoms with Crippen molar-refractivity contribution in [3.8, 4) is 5.75 Å². The fourth-order valence-corrected chi connectivity index (χ4v) is 3.60. The molecule has 0 radical (unpaired) electrons. The van der Waals surface area contributed by atoms with Gasteiger partial charge in [0, 0.05) is 41.2 Å². The molecule has 3 N–H and O–H groups in total. The molecule has 1 aromatic carbocycles. The Morgan fingerprint density at radius 1 is 1.06 bits per heavy atom. The normalized spacial score (nSPS) is 12.9. The van der Waals surface area contributed by atoms with Crippen molar-refractivity contribution in [3.05, 3.63) is 59.2 Å². The van der Waals surface area contributed by atoms with Gasteiger partial charge in [-0.15, -0.1) is 0 Å². The van der Waals surface area contributed by atoms with Gasteiger partial charge in [0.1, 0.15) is 17.5 Å². The predicted molar refractivity (Wildman–Crippen MR) is 125 cm³/mol. The lowest BCUT2D eigenvalue weighted by Gasteiger charge is -2.17. The van der Waals surface area contributed by atoms with Crippen LogP contribution in [0, 0.1) is 25.2 Å². The maximum absolute atomic E-state index is 12.9. The molecular formula is C24H26N6O2. The zero-order valence-electron chi connectivity index (χ0n) is 18.6. The van der Waals surface area contributed by atoms with Crippen LogP contribution in [-0.2, 0) is 0 Å². The number of hydrogen-bond donors (Lipinski definition) is 3. The van der Waals surface area contributed by atoms with Gasteiger partial charge in [-0.05, 0) is 45.7 Å². The lowest BCUT2D eigenvalue weighted by Crippen LogP contribution is -2.09. The zero-order chi connectivity index (χ0) is 22.8. The first-order valence-corrected chi connectivity index (χ1v) is 10.5. The number of pyridine rings is 1. The van der Waals surface area contributed by atoms with Crippen molar-refractivity contribution in [2.75, 3.05) is 17.7 Å². The van der Waals surface area contributed by atoms with Gasteiger partial charge >= 0.3 is 0 Å². The number of rotatable bonds is 8. The number of aryl methyl sites for hydroxylation is 2. The molecule has 0 spiro atoms. The van der Waals surface area contributed by atoms with Gasteiger partial charge in [-0.2, -0.15) is 0 Å². The van der Waals surface area contributed by atoms with E-state index < -0.39 is 0 Å². The molecule has 2 aromatic heterocycles. The van der Waals surface area contributed by atoms with Crippen molar-refractivity contribution < 1.29 is 9.53 Å². The van der Waals surface area contributed by atoms with E-state index in [-0.39, 0.29) is 11.7 Å². The number of ether oxygens (including phenoxy) is 1. The Kier molecular flexibility index (Phi) is 5.85. The fourth-order valence-electron chi connectivity index (χ4n) is 3.60. The van der Waals surface area contributed by atoms with E-state index in [4.69, 9.17) is 10.1 Å². The Labute approximate surface area is 187 Å². The average molecular weight is 431 g/mol. The summed E-state index contributed by atoms with van der Waals surface area (Å²) in [7, 11) is 1.57. The molecule has 0 aliphatic heterocycles. The Balaban J connectivity index is 1.73. The number of Topliss-reactive ketones (excluding diaryl/α,β-unsaturated/α-hetero) is 1. The summed E-state index contributed by atoms with van der Waals surface area (Å²) >= 11 is 0. The SMILES string of the molecule is COc1c(Nc2cc(Nc3cc(C)nc(C)n3)ncc2C(=O)C2CC2)cccc1C(C)=N. The van der Waals surface area contributed by atoms with Crippen LogP contribution in [0.4, 0.5) is 23.0 Å². The molecule has 0 bridgehead atoms. The van der Waals surface area contributed by atoms with Crippen molar-refractivity contribution in [1.82, 2.24) is 15.0 Å². The van der Waals surface area contributed by atoms with E-state index in [2.05, 4.69) is 25.6 Å². The van der Waals surface area contributed by atoms with Crippen molar-refractivity contribution in [2.45, 2.75) is 33.6 Å². The van der Waals surface area contributed by atoms with Gasteiger partial charge in [-0.3, -0.25) is 4.79 Å². The monoisotopic (exact) mass is 430 g/mol. The highest BCUT2D eigenvalue weighted by Crippen LogP contribution is 2.38. The number of carbonyl (C=O) groups excluding carboxylic acids is 1. The summed E-state index contributed by atoms with van der Waals surface area (Å²) in [4.78, 5) is 26.1. The molecular weight excluding hydrogens is 404 g/mol. The van der Waals surface area contributed by atoms with Crippen LogP contribution in [0.1, 0.15) is 47.2 Å². The molecule has 4 rings (SSSR count). The maximum Gasteiger partial charge on any atom is 0.169 e. The molecule has 2 heterocycles. The van der Waals surface area contributed by atoms with Crippen molar-refractivity contribution in [1.29, 1.82) is 5.41 Å². The highest BCUT2D eigenvalue weighted by Gasteiger charge is 2.32. The summed E-state index contributed by atoms with van der Waals surface area (Å²) in [5.41, 5.74) is 3.76. The molecule has 1 fully saturated rings. The van der Waals surface area contributed by atoms with E-state index in [1.54, 1.807) is 26.3 Å². The molecule has 0 saturated heterocycles. The molecule has 164 valence electrons. The van der Waals surface area contributed by atoms with Crippen LogP contribution in [0.5, 0.6) is 5.75 Å². The molecule has 0 atom stereocenters. The summed E-state index contributed by atoms with van der Waals surface area (Å²) in [6.45, 7) is 5.45. The average Bonchev–Trinajstić information content (AvgIpc) is 3.58. The van der Waals surface area contributed by atoms with E-state index in [9.17, 15) is 4.79 Å². The van der Waals surface area contributed by atoms with Crippen LogP contribution in [-0.4, -0.2) is 33.6 Å². The Bertz CT molecular complexity index is 1180. The van der Waals surface area contributed by atoms with Gasteiger partial charge in [0.25, 0.3) is 0 Å². The van der Waals surface area contributed by atoms with Crippen LogP contribution >= 0.6 is 0 Å². The second-order valence-electron chi connectivity index (χ2n) is 7.96. The first-order chi connectivity index (χ1) is 15.4. The third-order valence-electron chi connectivity index (χ3n) is 5.23.